The van der Waals surface area contributed by atoms with Gasteiger partial charge in [0.1, 0.15) is 5.65 Å². The van der Waals surface area contributed by atoms with Gasteiger partial charge in [-0.3, -0.25) is 8.95 Å². The van der Waals surface area contributed by atoms with E-state index in [9.17, 15) is 8.42 Å². The molecule has 0 spiro atoms. The minimum Gasteiger partial charge on any atom is -0.287 e. The molecule has 0 saturated carbocycles. The zero-order valence-electron chi connectivity index (χ0n) is 6.75. The summed E-state index contributed by atoms with van der Waals surface area (Å²) in [7, 11) is -4.35. The van der Waals surface area contributed by atoms with Gasteiger partial charge in [-0.15, -0.1) is 0 Å². The van der Waals surface area contributed by atoms with Crippen LogP contribution in [-0.4, -0.2) is 22.4 Å². The topological polar surface area (TPSA) is 71.7 Å². The lowest BCUT2D eigenvalue weighted by molar-refractivity contribution is 0.478. The number of imidazole rings is 1. The molecule has 1 N–H and O–H groups in total. The molecular weight excluding hydrogens is 228 g/mol. The Kier molecular flexibility index (Phi) is 1.99. The molecule has 0 aliphatic carbocycles. The van der Waals surface area contributed by atoms with Crippen molar-refractivity contribution in [2.75, 3.05) is 0 Å². The zero-order valence-corrected chi connectivity index (χ0v) is 8.33. The van der Waals surface area contributed by atoms with Gasteiger partial charge in [-0.25, -0.2) is 4.98 Å². The van der Waals surface area contributed by atoms with E-state index in [0.717, 1.165) is 0 Å². The number of aromatic nitrogens is 2. The Hall–Kier alpha value is -1.11. The van der Waals surface area contributed by atoms with Crippen LogP contribution in [0, 0.1) is 0 Å². The average molecular weight is 233 g/mol. The van der Waals surface area contributed by atoms with E-state index in [0.29, 0.717) is 5.65 Å². The van der Waals surface area contributed by atoms with Gasteiger partial charge in [0.2, 0.25) is 5.03 Å². The van der Waals surface area contributed by atoms with E-state index in [1.165, 1.54) is 10.6 Å². The Labute approximate surface area is 84.7 Å². The number of fused-ring (bicyclic) bond motifs is 1. The van der Waals surface area contributed by atoms with Crippen molar-refractivity contribution in [2.24, 2.45) is 0 Å². The molecule has 74 valence electrons. The van der Waals surface area contributed by atoms with Crippen molar-refractivity contribution >= 4 is 27.4 Å². The Bertz CT molecular complexity index is 590. The molecule has 2 heterocycles. The minimum atomic E-state index is -4.35. The van der Waals surface area contributed by atoms with E-state index in [1.807, 2.05) is 0 Å². The zero-order chi connectivity index (χ0) is 10.3. The highest BCUT2D eigenvalue weighted by Gasteiger charge is 2.21. The van der Waals surface area contributed by atoms with Gasteiger partial charge in [0.15, 0.2) is 5.15 Å². The van der Waals surface area contributed by atoms with Crippen molar-refractivity contribution in [3.63, 3.8) is 0 Å². The quantitative estimate of drug-likeness (QED) is 0.751. The van der Waals surface area contributed by atoms with Crippen molar-refractivity contribution < 1.29 is 13.0 Å². The normalized spacial score (nSPS) is 12.1. The Morgan fingerprint density at radius 1 is 1.43 bits per heavy atom. The maximum Gasteiger partial charge on any atom is 0.313 e. The van der Waals surface area contributed by atoms with Crippen molar-refractivity contribution in [3.05, 3.63) is 29.5 Å². The lowest BCUT2D eigenvalue weighted by atomic mass is 10.5. The molecule has 0 atom stereocenters. The fourth-order valence-electron chi connectivity index (χ4n) is 1.18. The lowest BCUT2D eigenvalue weighted by Gasteiger charge is -1.96. The standard InChI is InChI=1S/C7H5ClN2O3S/c8-6-7(14(11,12)13)10-4-2-1-3-5(10)9-6/h1-4H,(H,11,12,13). The van der Waals surface area contributed by atoms with Crippen LogP contribution in [0.3, 0.4) is 0 Å². The maximum absolute atomic E-state index is 10.9. The minimum absolute atomic E-state index is 0.237. The summed E-state index contributed by atoms with van der Waals surface area (Å²) in [5.41, 5.74) is 0.366. The molecule has 0 aliphatic rings. The van der Waals surface area contributed by atoms with Crippen LogP contribution in [0.4, 0.5) is 0 Å². The van der Waals surface area contributed by atoms with Crippen molar-refractivity contribution in [1.82, 2.24) is 9.38 Å². The largest absolute Gasteiger partial charge is 0.313 e. The predicted octanol–water partition coefficient (Wildman–Crippen LogP) is 1.23. The van der Waals surface area contributed by atoms with Crippen LogP contribution in [0.2, 0.25) is 5.15 Å². The second-order valence-corrected chi connectivity index (χ2v) is 4.31. The smallest absolute Gasteiger partial charge is 0.287 e. The molecule has 2 aromatic rings. The molecule has 0 aromatic carbocycles. The monoisotopic (exact) mass is 232 g/mol. The van der Waals surface area contributed by atoms with Crippen LogP contribution < -0.4 is 0 Å². The first kappa shape index (κ1) is 9.45. The summed E-state index contributed by atoms with van der Waals surface area (Å²) < 4.78 is 32.0. The number of nitrogens with zero attached hydrogens (tertiary/aromatic N) is 2. The van der Waals surface area contributed by atoms with Crippen LogP contribution in [0.1, 0.15) is 0 Å². The maximum atomic E-state index is 10.9. The van der Waals surface area contributed by atoms with E-state index in [2.05, 4.69) is 4.98 Å². The van der Waals surface area contributed by atoms with Crippen molar-refractivity contribution in [2.45, 2.75) is 5.03 Å². The molecule has 0 aliphatic heterocycles. The molecule has 0 fully saturated rings. The van der Waals surface area contributed by atoms with Gasteiger partial charge in [0, 0.05) is 6.20 Å². The third-order valence-electron chi connectivity index (χ3n) is 1.69. The molecule has 14 heavy (non-hydrogen) atoms. The van der Waals surface area contributed by atoms with Crippen LogP contribution in [-0.2, 0) is 10.1 Å². The summed E-state index contributed by atoms with van der Waals surface area (Å²) in [6.07, 6.45) is 1.46. The van der Waals surface area contributed by atoms with E-state index in [-0.39, 0.29) is 5.15 Å². The summed E-state index contributed by atoms with van der Waals surface area (Å²) in [6.45, 7) is 0. The summed E-state index contributed by atoms with van der Waals surface area (Å²) in [4.78, 5) is 3.77. The third-order valence-corrected chi connectivity index (χ3v) is 2.94. The molecule has 0 radical (unpaired) electrons. The Morgan fingerprint density at radius 2 is 2.14 bits per heavy atom. The Balaban J connectivity index is 2.95. The van der Waals surface area contributed by atoms with Crippen molar-refractivity contribution in [3.8, 4) is 0 Å². The molecule has 0 bridgehead atoms. The van der Waals surface area contributed by atoms with Gasteiger partial charge in [0.05, 0.1) is 0 Å². The van der Waals surface area contributed by atoms with Crippen LogP contribution in [0.15, 0.2) is 29.4 Å². The molecule has 0 amide bonds. The molecule has 7 heteroatoms. The molecule has 5 nitrogen and oxygen atoms in total. The molecular formula is C7H5ClN2O3S. The number of halogens is 1. The highest BCUT2D eigenvalue weighted by molar-refractivity contribution is 7.85. The van der Waals surface area contributed by atoms with E-state index in [4.69, 9.17) is 16.2 Å². The van der Waals surface area contributed by atoms with Crippen molar-refractivity contribution in [1.29, 1.82) is 0 Å². The first-order chi connectivity index (χ1) is 6.50. The van der Waals surface area contributed by atoms with Crippen LogP contribution in [0.5, 0.6) is 0 Å². The van der Waals surface area contributed by atoms with E-state index < -0.39 is 15.1 Å². The lowest BCUT2D eigenvalue weighted by Crippen LogP contribution is -2.02. The number of hydrogen-bond acceptors (Lipinski definition) is 3. The fourth-order valence-corrected chi connectivity index (χ4v) is 2.31. The summed E-state index contributed by atoms with van der Waals surface area (Å²) in [5.74, 6) is 0. The van der Waals surface area contributed by atoms with Crippen LogP contribution in [0.25, 0.3) is 5.65 Å². The van der Waals surface area contributed by atoms with Gasteiger partial charge in [-0.2, -0.15) is 8.42 Å². The van der Waals surface area contributed by atoms with E-state index >= 15 is 0 Å². The van der Waals surface area contributed by atoms with E-state index in [1.54, 1.807) is 18.2 Å². The SMILES string of the molecule is O=S(=O)(O)c1c(Cl)nc2ccccn12. The highest BCUT2D eigenvalue weighted by Crippen LogP contribution is 2.21. The van der Waals surface area contributed by atoms with Gasteiger partial charge in [0.25, 0.3) is 0 Å². The van der Waals surface area contributed by atoms with Gasteiger partial charge < -0.3 is 0 Å². The molecule has 2 rings (SSSR count). The summed E-state index contributed by atoms with van der Waals surface area (Å²) in [6, 6.07) is 4.88. The molecule has 0 unspecified atom stereocenters. The molecule has 0 saturated heterocycles. The predicted molar refractivity (Wildman–Crippen MR) is 50.0 cm³/mol. The van der Waals surface area contributed by atoms with Crippen LogP contribution >= 0.6 is 11.6 Å². The first-order valence-corrected chi connectivity index (χ1v) is 5.42. The Morgan fingerprint density at radius 3 is 2.79 bits per heavy atom. The first-order valence-electron chi connectivity index (χ1n) is 3.60. The summed E-state index contributed by atoms with van der Waals surface area (Å²) in [5, 5.41) is -0.645. The molecule has 2 aromatic heterocycles. The average Bonchev–Trinajstić information content (AvgIpc) is 2.38. The second-order valence-electron chi connectivity index (χ2n) is 2.61. The summed E-state index contributed by atoms with van der Waals surface area (Å²) >= 11 is 5.58. The third kappa shape index (κ3) is 1.37. The number of hydrogen-bond donors (Lipinski definition) is 1. The van der Waals surface area contributed by atoms with Gasteiger partial charge >= 0.3 is 10.1 Å². The number of pyridine rings is 1. The van der Waals surface area contributed by atoms with Gasteiger partial charge in [-0.1, -0.05) is 17.7 Å². The fraction of sp³-hybridized carbons (Fsp3) is 0. The second kappa shape index (κ2) is 2.94. The van der Waals surface area contributed by atoms with Gasteiger partial charge in [-0.05, 0) is 12.1 Å². The number of rotatable bonds is 1. The highest BCUT2D eigenvalue weighted by atomic mass is 35.5.